The number of aromatic nitrogens is 1. The van der Waals surface area contributed by atoms with E-state index in [9.17, 15) is 4.79 Å². The molecular formula is C17H24N4O3. The maximum Gasteiger partial charge on any atom is 0.298 e. The first kappa shape index (κ1) is 16.7. The van der Waals surface area contributed by atoms with Crippen LogP contribution < -0.4 is 16.0 Å². The number of benzene rings is 1. The smallest absolute Gasteiger partial charge is 0.298 e. The third-order valence-electron chi connectivity index (χ3n) is 4.49. The van der Waals surface area contributed by atoms with Crippen LogP contribution in [-0.2, 0) is 9.53 Å². The minimum absolute atomic E-state index is 0.131. The molecule has 2 unspecified atom stereocenters. The number of ether oxygens (including phenoxy) is 1. The van der Waals surface area contributed by atoms with E-state index in [0.29, 0.717) is 30.5 Å². The van der Waals surface area contributed by atoms with Crippen molar-refractivity contribution in [2.24, 2.45) is 11.7 Å². The molecule has 1 aromatic carbocycles. The number of nitrogens with two attached hydrogens (primary N) is 1. The van der Waals surface area contributed by atoms with Crippen LogP contribution in [0, 0.1) is 5.92 Å². The molecule has 2 atom stereocenters. The molecular weight excluding hydrogens is 308 g/mol. The molecule has 1 amide bonds. The zero-order valence-corrected chi connectivity index (χ0v) is 14.1. The van der Waals surface area contributed by atoms with E-state index in [-0.39, 0.29) is 11.8 Å². The van der Waals surface area contributed by atoms with Crippen molar-refractivity contribution >= 4 is 28.7 Å². The summed E-state index contributed by atoms with van der Waals surface area (Å²) in [6, 6.07) is 5.51. The summed E-state index contributed by atoms with van der Waals surface area (Å²) >= 11 is 0. The van der Waals surface area contributed by atoms with Gasteiger partial charge in [0.1, 0.15) is 5.52 Å². The zero-order chi connectivity index (χ0) is 17.1. The molecule has 7 nitrogen and oxygen atoms in total. The molecule has 0 radical (unpaired) electrons. The minimum atomic E-state index is -0.524. The lowest BCUT2D eigenvalue weighted by molar-refractivity contribution is -0.118. The molecule has 130 valence electrons. The van der Waals surface area contributed by atoms with Gasteiger partial charge >= 0.3 is 0 Å². The van der Waals surface area contributed by atoms with Gasteiger partial charge in [0, 0.05) is 24.8 Å². The maximum absolute atomic E-state index is 12.2. The van der Waals surface area contributed by atoms with Gasteiger partial charge in [-0.25, -0.2) is 0 Å². The Labute approximate surface area is 141 Å². The molecule has 0 saturated carbocycles. The summed E-state index contributed by atoms with van der Waals surface area (Å²) in [6.45, 7) is 6.87. The Morgan fingerprint density at radius 3 is 2.88 bits per heavy atom. The van der Waals surface area contributed by atoms with Gasteiger partial charge in [-0.3, -0.25) is 4.79 Å². The second-order valence-electron chi connectivity index (χ2n) is 6.18. The van der Waals surface area contributed by atoms with Gasteiger partial charge in [0.05, 0.1) is 19.3 Å². The number of morpholine rings is 1. The summed E-state index contributed by atoms with van der Waals surface area (Å²) in [5.74, 6) is -0.0523. The highest BCUT2D eigenvalue weighted by Crippen LogP contribution is 2.25. The fourth-order valence-electron chi connectivity index (χ4n) is 2.62. The summed E-state index contributed by atoms with van der Waals surface area (Å²) in [7, 11) is 0. The van der Waals surface area contributed by atoms with Crippen molar-refractivity contribution in [1.82, 2.24) is 4.98 Å². The molecule has 1 fully saturated rings. The van der Waals surface area contributed by atoms with E-state index in [1.165, 1.54) is 0 Å². The maximum atomic E-state index is 12.2. The molecule has 2 aromatic rings. The molecule has 0 spiro atoms. The predicted molar refractivity (Wildman–Crippen MR) is 93.1 cm³/mol. The molecule has 1 aliphatic rings. The molecule has 0 aliphatic carbocycles. The number of fused-ring (bicyclic) bond motifs is 1. The van der Waals surface area contributed by atoms with E-state index < -0.39 is 6.04 Å². The number of hydrogen-bond donors (Lipinski definition) is 2. The van der Waals surface area contributed by atoms with E-state index in [4.69, 9.17) is 14.9 Å². The van der Waals surface area contributed by atoms with E-state index in [2.05, 4.69) is 15.2 Å². The van der Waals surface area contributed by atoms with Gasteiger partial charge in [-0.05, 0) is 18.1 Å². The molecule has 0 bridgehead atoms. The topological polar surface area (TPSA) is 93.6 Å². The van der Waals surface area contributed by atoms with Gasteiger partial charge in [0.15, 0.2) is 5.58 Å². The predicted octanol–water partition coefficient (Wildman–Crippen LogP) is 1.98. The van der Waals surface area contributed by atoms with Crippen molar-refractivity contribution in [3.8, 4) is 0 Å². The minimum Gasteiger partial charge on any atom is -0.423 e. The van der Waals surface area contributed by atoms with Crippen LogP contribution in [0.2, 0.25) is 0 Å². The first-order valence-electron chi connectivity index (χ1n) is 8.38. The monoisotopic (exact) mass is 332 g/mol. The van der Waals surface area contributed by atoms with Crippen molar-refractivity contribution in [1.29, 1.82) is 0 Å². The van der Waals surface area contributed by atoms with Crippen LogP contribution in [0.25, 0.3) is 11.1 Å². The molecule has 24 heavy (non-hydrogen) atoms. The number of rotatable bonds is 5. The molecule has 7 heteroatoms. The largest absolute Gasteiger partial charge is 0.423 e. The average molecular weight is 332 g/mol. The highest BCUT2D eigenvalue weighted by Gasteiger charge is 2.20. The van der Waals surface area contributed by atoms with Crippen molar-refractivity contribution < 1.29 is 13.9 Å². The molecule has 1 aromatic heterocycles. The number of amides is 1. The van der Waals surface area contributed by atoms with Crippen LogP contribution in [0.3, 0.4) is 0 Å². The van der Waals surface area contributed by atoms with Crippen LogP contribution in [0.4, 0.5) is 11.7 Å². The number of oxazole rings is 1. The van der Waals surface area contributed by atoms with Crippen molar-refractivity contribution in [3.63, 3.8) is 0 Å². The molecule has 2 heterocycles. The van der Waals surface area contributed by atoms with Gasteiger partial charge in [0.2, 0.25) is 5.91 Å². The summed E-state index contributed by atoms with van der Waals surface area (Å²) in [5.41, 5.74) is 8.04. The molecule has 3 N–H and O–H groups in total. The van der Waals surface area contributed by atoms with Crippen LogP contribution in [0.15, 0.2) is 22.6 Å². The van der Waals surface area contributed by atoms with E-state index in [1.54, 1.807) is 6.07 Å². The van der Waals surface area contributed by atoms with Crippen LogP contribution >= 0.6 is 0 Å². The Kier molecular flexibility index (Phi) is 5.01. The average Bonchev–Trinajstić information content (AvgIpc) is 3.04. The van der Waals surface area contributed by atoms with Gasteiger partial charge in [-0.2, -0.15) is 4.98 Å². The van der Waals surface area contributed by atoms with E-state index in [0.717, 1.165) is 25.0 Å². The normalized spacial score (nSPS) is 17.7. The molecule has 1 aliphatic heterocycles. The lowest BCUT2D eigenvalue weighted by atomic mass is 9.99. The zero-order valence-electron chi connectivity index (χ0n) is 14.1. The standard InChI is InChI=1S/C17H24N4O3/c1-3-11(2)15(18)16(22)19-12-4-5-13-14(10-12)24-17(20-13)21-6-8-23-9-7-21/h4-5,10-11,15H,3,6-9,18H2,1-2H3,(H,19,22). The summed E-state index contributed by atoms with van der Waals surface area (Å²) in [6.07, 6.45) is 0.860. The van der Waals surface area contributed by atoms with Crippen LogP contribution in [0.1, 0.15) is 20.3 Å². The second kappa shape index (κ2) is 7.19. The fraction of sp³-hybridized carbons (Fsp3) is 0.529. The van der Waals surface area contributed by atoms with Crippen LogP contribution in [-0.4, -0.2) is 43.2 Å². The van der Waals surface area contributed by atoms with Gasteiger partial charge in [0.25, 0.3) is 6.01 Å². The Hall–Kier alpha value is -2.12. The highest BCUT2D eigenvalue weighted by molar-refractivity contribution is 5.96. The first-order valence-corrected chi connectivity index (χ1v) is 8.38. The lowest BCUT2D eigenvalue weighted by Crippen LogP contribution is -2.40. The lowest BCUT2D eigenvalue weighted by Gasteiger charge is -2.24. The second-order valence-corrected chi connectivity index (χ2v) is 6.18. The van der Waals surface area contributed by atoms with Gasteiger partial charge in [-0.1, -0.05) is 20.3 Å². The number of nitrogens with zero attached hydrogens (tertiary/aromatic N) is 2. The Morgan fingerprint density at radius 2 is 2.17 bits per heavy atom. The number of carbonyl (C=O) groups excluding carboxylic acids is 1. The third-order valence-corrected chi connectivity index (χ3v) is 4.49. The van der Waals surface area contributed by atoms with Crippen molar-refractivity contribution in [2.45, 2.75) is 26.3 Å². The SMILES string of the molecule is CCC(C)C(N)C(=O)Nc1ccc2nc(N3CCOCC3)oc2c1. The quantitative estimate of drug-likeness (QED) is 0.869. The Balaban J connectivity index is 1.75. The van der Waals surface area contributed by atoms with Gasteiger partial charge < -0.3 is 25.1 Å². The Morgan fingerprint density at radius 1 is 1.42 bits per heavy atom. The number of anilines is 2. The van der Waals surface area contributed by atoms with E-state index in [1.807, 2.05) is 26.0 Å². The molecule has 3 rings (SSSR count). The molecule has 1 saturated heterocycles. The summed E-state index contributed by atoms with van der Waals surface area (Å²) < 4.78 is 11.2. The van der Waals surface area contributed by atoms with Crippen molar-refractivity contribution in [3.05, 3.63) is 18.2 Å². The fourth-order valence-corrected chi connectivity index (χ4v) is 2.62. The number of carbonyl (C=O) groups is 1. The first-order chi connectivity index (χ1) is 11.6. The number of hydrogen-bond acceptors (Lipinski definition) is 6. The summed E-state index contributed by atoms with van der Waals surface area (Å²) in [4.78, 5) is 18.8. The summed E-state index contributed by atoms with van der Waals surface area (Å²) in [5, 5.41) is 2.85. The Bertz CT molecular complexity index is 709. The highest BCUT2D eigenvalue weighted by atomic mass is 16.5. The van der Waals surface area contributed by atoms with Crippen LogP contribution in [0.5, 0.6) is 0 Å². The number of nitrogens with one attached hydrogen (secondary N) is 1. The third kappa shape index (κ3) is 3.52. The van der Waals surface area contributed by atoms with Crippen molar-refractivity contribution in [2.75, 3.05) is 36.5 Å². The van der Waals surface area contributed by atoms with Gasteiger partial charge in [-0.15, -0.1) is 0 Å². The van der Waals surface area contributed by atoms with E-state index >= 15 is 0 Å².